The zero-order valence-electron chi connectivity index (χ0n) is 23.9. The highest BCUT2D eigenvalue weighted by Crippen LogP contribution is 2.52. The predicted molar refractivity (Wildman–Crippen MR) is 155 cm³/mol. The van der Waals surface area contributed by atoms with Gasteiger partial charge >= 0.3 is 0 Å². The van der Waals surface area contributed by atoms with Gasteiger partial charge in [0.05, 0.1) is 6.10 Å². The molecule has 3 unspecified atom stereocenters. The van der Waals surface area contributed by atoms with E-state index in [-0.39, 0.29) is 21.6 Å². The molecule has 2 aromatic carbocycles. The lowest BCUT2D eigenvalue weighted by atomic mass is 9.67. The van der Waals surface area contributed by atoms with Crippen LogP contribution in [0.4, 0.5) is 0 Å². The molecular weight excluding hydrogens is 463 g/mol. The summed E-state index contributed by atoms with van der Waals surface area (Å²) in [6.07, 6.45) is -0.0463. The van der Waals surface area contributed by atoms with Gasteiger partial charge in [-0.15, -0.1) is 0 Å². The third kappa shape index (κ3) is 5.85. The Balaban J connectivity index is 2.14. The lowest BCUT2D eigenvalue weighted by molar-refractivity contribution is 0.0531. The molecule has 5 heteroatoms. The molecule has 1 fully saturated rings. The Morgan fingerprint density at radius 1 is 0.829 bits per heavy atom. The second-order valence-corrected chi connectivity index (χ2v) is 23.0. The number of benzene rings is 2. The fourth-order valence-electron chi connectivity index (χ4n) is 4.63. The average Bonchev–Trinajstić information content (AvgIpc) is 3.20. The van der Waals surface area contributed by atoms with Crippen molar-refractivity contribution in [3.8, 4) is 0 Å². The lowest BCUT2D eigenvalue weighted by Crippen LogP contribution is -2.51. The molecule has 1 N–H and O–H groups in total. The molecule has 0 radical (unpaired) electrons. The van der Waals surface area contributed by atoms with E-state index in [1.54, 1.807) is 0 Å². The topological polar surface area (TPSA) is 30.5 Å². The molecule has 0 amide bonds. The maximum atomic E-state index is 7.41. The van der Waals surface area contributed by atoms with Crippen LogP contribution >= 0.6 is 0 Å². The van der Waals surface area contributed by atoms with E-state index < -0.39 is 16.6 Å². The second kappa shape index (κ2) is 10.3. The van der Waals surface area contributed by atoms with E-state index in [2.05, 4.69) is 134 Å². The zero-order chi connectivity index (χ0) is 26.1. The van der Waals surface area contributed by atoms with Gasteiger partial charge in [-0.3, -0.25) is 0 Å². The van der Waals surface area contributed by atoms with Crippen molar-refractivity contribution in [2.24, 2.45) is 5.92 Å². The molecule has 3 atom stereocenters. The van der Waals surface area contributed by atoms with E-state index >= 15 is 0 Å². The predicted octanol–water partition coefficient (Wildman–Crippen LogP) is 7.93. The van der Waals surface area contributed by atoms with Crippen LogP contribution in [0.25, 0.3) is 0 Å². The highest BCUT2D eigenvalue weighted by Gasteiger charge is 2.54. The van der Waals surface area contributed by atoms with E-state index in [0.717, 1.165) is 19.7 Å². The Morgan fingerprint density at radius 3 is 1.86 bits per heavy atom. The standard InChI is InChI=1S/C30H49NO2Si2/c1-28(2,3)34(7,8)32-22-26-21-31-23-30(26,25-19-15-12-16-20-25)27(24-17-13-11-14-18-24)33-35(9,10)29(4,5)6/h11-20,26-27,31H,21-23H2,1-10H3. The number of hydrogen-bond donors (Lipinski definition) is 1. The number of hydrogen-bond acceptors (Lipinski definition) is 3. The Kier molecular flexibility index (Phi) is 8.30. The van der Waals surface area contributed by atoms with Crippen LogP contribution in [0, 0.1) is 5.92 Å². The maximum Gasteiger partial charge on any atom is 0.192 e. The van der Waals surface area contributed by atoms with Gasteiger partial charge < -0.3 is 14.2 Å². The van der Waals surface area contributed by atoms with Crippen molar-refractivity contribution in [1.82, 2.24) is 5.32 Å². The number of nitrogens with one attached hydrogen (secondary N) is 1. The van der Waals surface area contributed by atoms with Crippen LogP contribution in [0.2, 0.25) is 36.3 Å². The molecule has 0 saturated carbocycles. The van der Waals surface area contributed by atoms with E-state index in [4.69, 9.17) is 8.85 Å². The maximum absolute atomic E-state index is 7.41. The van der Waals surface area contributed by atoms with E-state index in [1.165, 1.54) is 11.1 Å². The molecular formula is C30H49NO2Si2. The fourth-order valence-corrected chi connectivity index (χ4v) is 6.97. The molecule has 0 aromatic heterocycles. The van der Waals surface area contributed by atoms with Crippen LogP contribution < -0.4 is 5.32 Å². The van der Waals surface area contributed by atoms with Crippen molar-refractivity contribution in [1.29, 1.82) is 0 Å². The van der Waals surface area contributed by atoms with Gasteiger partial charge in [0.2, 0.25) is 0 Å². The molecule has 1 aliphatic heterocycles. The molecule has 194 valence electrons. The summed E-state index contributed by atoms with van der Waals surface area (Å²) in [6, 6.07) is 22.0. The third-order valence-corrected chi connectivity index (χ3v) is 18.0. The van der Waals surface area contributed by atoms with Gasteiger partial charge in [-0.2, -0.15) is 0 Å². The molecule has 3 nitrogen and oxygen atoms in total. The van der Waals surface area contributed by atoms with Crippen molar-refractivity contribution in [3.63, 3.8) is 0 Å². The summed E-state index contributed by atoms with van der Waals surface area (Å²) < 4.78 is 14.3. The van der Waals surface area contributed by atoms with Crippen LogP contribution in [0.15, 0.2) is 60.7 Å². The first kappa shape index (κ1) is 28.3. The van der Waals surface area contributed by atoms with Gasteiger partial charge in [0.1, 0.15) is 0 Å². The monoisotopic (exact) mass is 511 g/mol. The number of rotatable bonds is 8. The highest BCUT2D eigenvalue weighted by molar-refractivity contribution is 6.74. The Hall–Kier alpha value is -1.25. The largest absolute Gasteiger partial charge is 0.416 e. The summed E-state index contributed by atoms with van der Waals surface area (Å²) in [5.74, 6) is 0.314. The minimum atomic E-state index is -2.08. The van der Waals surface area contributed by atoms with Gasteiger partial charge in [0.15, 0.2) is 16.6 Å². The Morgan fingerprint density at radius 2 is 1.34 bits per heavy atom. The molecule has 1 heterocycles. The summed E-state index contributed by atoms with van der Waals surface area (Å²) in [7, 11) is -3.96. The molecule has 0 spiro atoms. The van der Waals surface area contributed by atoms with Crippen LogP contribution in [0.1, 0.15) is 58.8 Å². The van der Waals surface area contributed by atoms with E-state index in [9.17, 15) is 0 Å². The third-order valence-electron chi connectivity index (χ3n) is 9.09. The average molecular weight is 512 g/mol. The second-order valence-electron chi connectivity index (χ2n) is 13.5. The molecule has 0 aliphatic carbocycles. The van der Waals surface area contributed by atoms with Crippen molar-refractivity contribution in [2.45, 2.75) is 89.3 Å². The van der Waals surface area contributed by atoms with Crippen molar-refractivity contribution in [2.75, 3.05) is 19.7 Å². The summed E-state index contributed by atoms with van der Waals surface area (Å²) in [6.45, 7) is 26.0. The minimum Gasteiger partial charge on any atom is -0.416 e. The van der Waals surface area contributed by atoms with Crippen LogP contribution in [-0.2, 0) is 14.3 Å². The fraction of sp³-hybridized carbons (Fsp3) is 0.600. The SMILES string of the molecule is CC(C)(C)[Si](C)(C)OCC1CNCC1(c1ccccc1)C(O[Si](C)(C)C(C)(C)C)c1ccccc1. The van der Waals surface area contributed by atoms with Gasteiger partial charge in [-0.05, 0) is 47.4 Å². The normalized spacial score (nSPS) is 22.9. The lowest BCUT2D eigenvalue weighted by Gasteiger charge is -2.49. The zero-order valence-corrected chi connectivity index (χ0v) is 25.9. The smallest absolute Gasteiger partial charge is 0.192 e. The summed E-state index contributed by atoms with van der Waals surface area (Å²) in [5, 5.41) is 4.09. The quantitative estimate of drug-likeness (QED) is 0.365. The minimum absolute atomic E-state index is 0.0463. The molecule has 35 heavy (non-hydrogen) atoms. The first-order valence-corrected chi connectivity index (χ1v) is 19.1. The molecule has 1 saturated heterocycles. The Bertz CT molecular complexity index is 948. The molecule has 0 bridgehead atoms. The molecule has 2 aromatic rings. The van der Waals surface area contributed by atoms with Gasteiger partial charge in [0, 0.05) is 31.0 Å². The first-order valence-electron chi connectivity index (χ1n) is 13.2. The summed E-state index contributed by atoms with van der Waals surface area (Å²) in [5.41, 5.74) is 2.41. The van der Waals surface area contributed by atoms with Crippen LogP contribution in [0.3, 0.4) is 0 Å². The molecule has 3 rings (SSSR count). The van der Waals surface area contributed by atoms with Gasteiger partial charge in [-0.25, -0.2) is 0 Å². The van der Waals surface area contributed by atoms with Crippen molar-refractivity contribution < 1.29 is 8.85 Å². The summed E-state index contributed by atoms with van der Waals surface area (Å²) >= 11 is 0. The van der Waals surface area contributed by atoms with Crippen LogP contribution in [0.5, 0.6) is 0 Å². The first-order chi connectivity index (χ1) is 16.1. The van der Waals surface area contributed by atoms with E-state index in [1.807, 2.05) is 0 Å². The van der Waals surface area contributed by atoms with Crippen molar-refractivity contribution >= 4 is 16.6 Å². The highest BCUT2D eigenvalue weighted by atomic mass is 28.4. The molecule has 1 aliphatic rings. The van der Waals surface area contributed by atoms with Crippen molar-refractivity contribution in [3.05, 3.63) is 71.8 Å². The van der Waals surface area contributed by atoms with Gasteiger partial charge in [0.25, 0.3) is 0 Å². The van der Waals surface area contributed by atoms with E-state index in [0.29, 0.717) is 5.92 Å². The summed E-state index contributed by atoms with van der Waals surface area (Å²) in [4.78, 5) is 0. The Labute approximate surface area is 217 Å². The van der Waals surface area contributed by atoms with Gasteiger partial charge in [-0.1, -0.05) is 102 Å². The van der Waals surface area contributed by atoms with Crippen LogP contribution in [-0.4, -0.2) is 36.3 Å².